The molecule has 0 amide bonds. The number of benzene rings is 3. The molecule has 1 N–H and O–H groups in total. The molecule has 0 aromatic heterocycles. The summed E-state index contributed by atoms with van der Waals surface area (Å²) >= 11 is 0. The summed E-state index contributed by atoms with van der Waals surface area (Å²) in [5.41, 5.74) is 2.71. The van der Waals surface area contributed by atoms with E-state index in [0.717, 1.165) is 25.2 Å². The minimum absolute atomic E-state index is 0. The highest BCUT2D eigenvalue weighted by Crippen LogP contribution is 2.20. The molecule has 0 aliphatic carbocycles. The van der Waals surface area contributed by atoms with Crippen molar-refractivity contribution in [1.82, 2.24) is 5.32 Å². The smallest absolute Gasteiger partial charge is 0.101 e. The molecule has 1 heterocycles. The van der Waals surface area contributed by atoms with Crippen molar-refractivity contribution in [3.05, 3.63) is 83.9 Å². The summed E-state index contributed by atoms with van der Waals surface area (Å²) in [7, 11) is 0. The Labute approximate surface area is 149 Å². The van der Waals surface area contributed by atoms with Gasteiger partial charge in [-0.25, -0.2) is 0 Å². The van der Waals surface area contributed by atoms with Crippen LogP contribution in [0.3, 0.4) is 0 Å². The molecule has 1 aliphatic rings. The molecule has 0 fully saturated rings. The molecule has 2 nitrogen and oxygen atoms in total. The molecule has 0 saturated carbocycles. The van der Waals surface area contributed by atoms with E-state index in [4.69, 9.17) is 4.99 Å². The summed E-state index contributed by atoms with van der Waals surface area (Å²) in [5, 5.41) is 6.22. The van der Waals surface area contributed by atoms with Crippen molar-refractivity contribution in [2.24, 2.45) is 4.99 Å². The normalized spacial score (nSPS) is 16.3. The molecule has 0 spiro atoms. The summed E-state index contributed by atoms with van der Waals surface area (Å²) in [6, 6.07) is 26.1. The molecule has 122 valence electrons. The molecule has 0 bridgehead atoms. The molecule has 3 heteroatoms. The van der Waals surface area contributed by atoms with Crippen LogP contribution in [0.1, 0.15) is 11.1 Å². The maximum atomic E-state index is 4.72. The first kappa shape index (κ1) is 16.5. The van der Waals surface area contributed by atoms with Gasteiger partial charge in [-0.2, -0.15) is 0 Å². The van der Waals surface area contributed by atoms with Crippen LogP contribution in [0.15, 0.2) is 77.8 Å². The van der Waals surface area contributed by atoms with Crippen LogP contribution < -0.4 is 5.32 Å². The third kappa shape index (κ3) is 3.60. The molecule has 3 aromatic rings. The molecule has 4 rings (SSSR count). The molecule has 0 saturated heterocycles. The van der Waals surface area contributed by atoms with Gasteiger partial charge in [0.1, 0.15) is 5.84 Å². The van der Waals surface area contributed by atoms with Crippen molar-refractivity contribution >= 4 is 29.0 Å². The number of amidine groups is 1. The number of rotatable bonds is 4. The Kier molecular flexibility index (Phi) is 5.17. The van der Waals surface area contributed by atoms with Gasteiger partial charge in [-0.15, -0.1) is 12.4 Å². The lowest BCUT2D eigenvalue weighted by Crippen LogP contribution is -2.32. The average Bonchev–Trinajstić information content (AvgIpc) is 3.03. The van der Waals surface area contributed by atoms with Crippen LogP contribution in [-0.2, 0) is 12.8 Å². The van der Waals surface area contributed by atoms with Gasteiger partial charge in [0.15, 0.2) is 0 Å². The summed E-state index contributed by atoms with van der Waals surface area (Å²) in [6.07, 6.45) is 1.91. The molecular formula is C21H21ClN2. The molecule has 3 aromatic carbocycles. The minimum atomic E-state index is 0. The lowest BCUT2D eigenvalue weighted by molar-refractivity contribution is 0.652. The van der Waals surface area contributed by atoms with E-state index in [1.165, 1.54) is 21.9 Å². The molecule has 0 unspecified atom stereocenters. The highest BCUT2D eigenvalue weighted by Gasteiger charge is 2.18. The summed E-state index contributed by atoms with van der Waals surface area (Å²) in [4.78, 5) is 4.72. The quantitative estimate of drug-likeness (QED) is 0.749. The third-order valence-electron chi connectivity index (χ3n) is 4.44. The molecule has 1 atom stereocenters. The third-order valence-corrected chi connectivity index (χ3v) is 4.44. The van der Waals surface area contributed by atoms with E-state index in [1.807, 2.05) is 0 Å². The van der Waals surface area contributed by atoms with Crippen LogP contribution in [-0.4, -0.2) is 18.4 Å². The highest BCUT2D eigenvalue weighted by atomic mass is 35.5. The van der Waals surface area contributed by atoms with Gasteiger partial charge in [0.2, 0.25) is 0 Å². The Balaban J connectivity index is 0.00000169. The van der Waals surface area contributed by atoms with E-state index >= 15 is 0 Å². The van der Waals surface area contributed by atoms with Crippen LogP contribution in [0.5, 0.6) is 0 Å². The van der Waals surface area contributed by atoms with Crippen molar-refractivity contribution < 1.29 is 0 Å². The van der Waals surface area contributed by atoms with Gasteiger partial charge in [-0.3, -0.25) is 4.99 Å². The molecule has 0 radical (unpaired) electrons. The Morgan fingerprint density at radius 3 is 2.50 bits per heavy atom. The van der Waals surface area contributed by atoms with Gasteiger partial charge in [-0.1, -0.05) is 72.8 Å². The standard InChI is InChI=1S/C21H20N2.ClH/c1-2-7-16(8-3-1)13-19-15-22-21(23-19)14-18-11-6-10-17-9-4-5-12-20(17)18;/h1-12,19H,13-15H2,(H,22,23);1H/t19-;/m0./s1. The second-order valence-corrected chi connectivity index (χ2v) is 6.13. The zero-order chi connectivity index (χ0) is 15.5. The zero-order valence-corrected chi connectivity index (χ0v) is 14.3. The molecule has 24 heavy (non-hydrogen) atoms. The summed E-state index contributed by atoms with van der Waals surface area (Å²) in [5.74, 6) is 1.11. The van der Waals surface area contributed by atoms with Crippen molar-refractivity contribution in [2.45, 2.75) is 18.9 Å². The van der Waals surface area contributed by atoms with Crippen LogP contribution in [0.2, 0.25) is 0 Å². The lowest BCUT2D eigenvalue weighted by atomic mass is 10.0. The van der Waals surface area contributed by atoms with Gasteiger partial charge >= 0.3 is 0 Å². The van der Waals surface area contributed by atoms with Gasteiger partial charge in [0, 0.05) is 6.42 Å². The minimum Gasteiger partial charge on any atom is -0.369 e. The first-order valence-electron chi connectivity index (χ1n) is 8.19. The van der Waals surface area contributed by atoms with Crippen molar-refractivity contribution in [3.63, 3.8) is 0 Å². The summed E-state index contributed by atoms with van der Waals surface area (Å²) in [6.45, 7) is 0.870. The van der Waals surface area contributed by atoms with Gasteiger partial charge in [0.05, 0.1) is 12.6 Å². The Morgan fingerprint density at radius 1 is 0.875 bits per heavy atom. The van der Waals surface area contributed by atoms with E-state index in [0.29, 0.717) is 6.04 Å². The van der Waals surface area contributed by atoms with Crippen LogP contribution in [0.4, 0.5) is 0 Å². The molecule has 1 aliphatic heterocycles. The SMILES string of the molecule is Cl.c1ccc(C[C@H]2CN=C(Cc3cccc4ccccc34)N2)cc1. The fraction of sp³-hybridized carbons (Fsp3) is 0.190. The lowest BCUT2D eigenvalue weighted by Gasteiger charge is -2.12. The predicted molar refractivity (Wildman–Crippen MR) is 104 cm³/mol. The van der Waals surface area contributed by atoms with E-state index in [1.54, 1.807) is 0 Å². The highest BCUT2D eigenvalue weighted by molar-refractivity contribution is 5.93. The number of fused-ring (bicyclic) bond motifs is 1. The largest absolute Gasteiger partial charge is 0.369 e. The van der Waals surface area contributed by atoms with E-state index in [2.05, 4.69) is 78.1 Å². The first-order chi connectivity index (χ1) is 11.4. The number of hydrogen-bond donors (Lipinski definition) is 1. The maximum absolute atomic E-state index is 4.72. The fourth-order valence-electron chi connectivity index (χ4n) is 3.30. The zero-order valence-electron chi connectivity index (χ0n) is 13.5. The molecular weight excluding hydrogens is 316 g/mol. The van der Waals surface area contributed by atoms with Crippen molar-refractivity contribution in [3.8, 4) is 0 Å². The van der Waals surface area contributed by atoms with Crippen LogP contribution >= 0.6 is 12.4 Å². The van der Waals surface area contributed by atoms with E-state index in [9.17, 15) is 0 Å². The van der Waals surface area contributed by atoms with Gasteiger partial charge in [-0.05, 0) is 28.3 Å². The van der Waals surface area contributed by atoms with Crippen LogP contribution in [0, 0.1) is 0 Å². The number of aliphatic imine (C=N–C) groups is 1. The Hall–Kier alpha value is -2.32. The van der Waals surface area contributed by atoms with Crippen LogP contribution in [0.25, 0.3) is 10.8 Å². The number of hydrogen-bond acceptors (Lipinski definition) is 2. The van der Waals surface area contributed by atoms with Crippen molar-refractivity contribution in [2.75, 3.05) is 6.54 Å². The second-order valence-electron chi connectivity index (χ2n) is 6.13. The van der Waals surface area contributed by atoms with E-state index in [-0.39, 0.29) is 12.4 Å². The van der Waals surface area contributed by atoms with Gasteiger partial charge < -0.3 is 5.32 Å². The topological polar surface area (TPSA) is 24.4 Å². The Morgan fingerprint density at radius 2 is 1.62 bits per heavy atom. The average molecular weight is 337 g/mol. The second kappa shape index (κ2) is 7.50. The first-order valence-corrected chi connectivity index (χ1v) is 8.19. The van der Waals surface area contributed by atoms with E-state index < -0.39 is 0 Å². The number of nitrogens with one attached hydrogen (secondary N) is 1. The predicted octanol–water partition coefficient (Wildman–Crippen LogP) is 4.42. The monoisotopic (exact) mass is 336 g/mol. The number of nitrogens with zero attached hydrogens (tertiary/aromatic N) is 1. The Bertz CT molecular complexity index is 837. The maximum Gasteiger partial charge on any atom is 0.101 e. The summed E-state index contributed by atoms with van der Waals surface area (Å²) < 4.78 is 0. The number of halogens is 1. The van der Waals surface area contributed by atoms with Gasteiger partial charge in [0.25, 0.3) is 0 Å². The fourth-order valence-corrected chi connectivity index (χ4v) is 3.30. The van der Waals surface area contributed by atoms with Crippen molar-refractivity contribution in [1.29, 1.82) is 0 Å².